The summed E-state index contributed by atoms with van der Waals surface area (Å²) in [5.74, 6) is -1.69. The minimum absolute atomic E-state index is 0.375. The largest absolute Gasteiger partial charge is 0.550 e. The van der Waals surface area contributed by atoms with E-state index in [1.54, 1.807) is 0 Å². The lowest BCUT2D eigenvalue weighted by Gasteiger charge is -2.34. The number of carbonyl (C=O) groups is 2. The Morgan fingerprint density at radius 3 is 1.25 bits per heavy atom. The first-order valence-corrected chi connectivity index (χ1v) is 5.91. The predicted molar refractivity (Wildman–Crippen MR) is 62.7 cm³/mol. The van der Waals surface area contributed by atoms with Crippen molar-refractivity contribution in [3.63, 3.8) is 0 Å². The van der Waals surface area contributed by atoms with Crippen molar-refractivity contribution in [3.8, 4) is 0 Å². The lowest BCUT2D eigenvalue weighted by molar-refractivity contribution is -0.921. The molecule has 0 radical (unpaired) electrons. The molecule has 0 aliphatic carbocycles. The molecule has 0 unspecified atom stereocenters. The van der Waals surface area contributed by atoms with E-state index in [9.17, 15) is 14.7 Å². The van der Waals surface area contributed by atoms with Crippen LogP contribution in [-0.2, 0) is 9.59 Å². The van der Waals surface area contributed by atoms with E-state index in [0.717, 1.165) is 0 Å². The summed E-state index contributed by atoms with van der Waals surface area (Å²) in [5.41, 5.74) is 0. The van der Waals surface area contributed by atoms with Crippen LogP contribution in [0.4, 0.5) is 0 Å². The molecule has 0 bridgehead atoms. The number of hydrogen-bond donors (Lipinski definition) is 0. The fraction of sp³-hybridized carbons (Fsp3) is 0.833. The third-order valence-corrected chi connectivity index (χ3v) is 3.08. The van der Waals surface area contributed by atoms with Crippen LogP contribution in [0, 0.1) is 0 Å². The second-order valence-electron chi connectivity index (χ2n) is 3.86. The van der Waals surface area contributed by atoms with E-state index in [4.69, 9.17) is 0 Å². The van der Waals surface area contributed by atoms with Gasteiger partial charge in [-0.1, -0.05) is 0 Å². The number of aliphatic carboxylic acids is 1. The number of carboxylic acids is 1. The third kappa shape index (κ3) is 8.41. The van der Waals surface area contributed by atoms with Gasteiger partial charge in [0.05, 0.1) is 26.2 Å². The number of hydrogen-bond acceptors (Lipinski definition) is 3. The van der Waals surface area contributed by atoms with E-state index in [-0.39, 0.29) is 5.78 Å². The molecule has 0 rings (SSSR count). The maximum atomic E-state index is 9.83. The highest BCUT2D eigenvalue weighted by Crippen LogP contribution is 2.03. The summed E-state index contributed by atoms with van der Waals surface area (Å²) < 4.78 is 1.28. The van der Waals surface area contributed by atoms with E-state index < -0.39 is 12.4 Å². The minimum Gasteiger partial charge on any atom is -0.550 e. The SMILES string of the molecule is CC(=O)CC(=O)[O-].CC[N+](CC)(CC)CC. The van der Waals surface area contributed by atoms with Crippen LogP contribution in [0.25, 0.3) is 0 Å². The van der Waals surface area contributed by atoms with Crippen molar-refractivity contribution >= 4 is 11.8 Å². The van der Waals surface area contributed by atoms with Crippen LogP contribution in [0.5, 0.6) is 0 Å². The molecule has 0 aromatic carbocycles. The van der Waals surface area contributed by atoms with Gasteiger partial charge in [0.1, 0.15) is 5.78 Å². The zero-order valence-corrected chi connectivity index (χ0v) is 11.2. The van der Waals surface area contributed by atoms with E-state index >= 15 is 0 Å². The third-order valence-electron chi connectivity index (χ3n) is 3.08. The Morgan fingerprint density at radius 2 is 1.25 bits per heavy atom. The molecule has 0 saturated carbocycles. The molecule has 0 atom stereocenters. The van der Waals surface area contributed by atoms with E-state index in [2.05, 4.69) is 27.7 Å². The molecule has 0 amide bonds. The molecule has 16 heavy (non-hydrogen) atoms. The molecule has 0 N–H and O–H groups in total. The fourth-order valence-corrected chi connectivity index (χ4v) is 1.54. The normalized spacial score (nSPS) is 10.3. The molecule has 0 heterocycles. The number of carboxylic acid groups (broad SMARTS) is 1. The van der Waals surface area contributed by atoms with E-state index in [1.165, 1.54) is 37.6 Å². The predicted octanol–water partition coefficient (Wildman–Crippen LogP) is 0.598. The summed E-state index contributed by atoms with van der Waals surface area (Å²) in [6, 6.07) is 0. The van der Waals surface area contributed by atoms with Gasteiger partial charge in [-0.15, -0.1) is 0 Å². The van der Waals surface area contributed by atoms with Crippen LogP contribution in [0.1, 0.15) is 41.0 Å². The Labute approximate surface area is 98.8 Å². The number of nitrogens with zero attached hydrogens (tertiary/aromatic N) is 1. The summed E-state index contributed by atoms with van der Waals surface area (Å²) in [4.78, 5) is 19.3. The number of quaternary nitrogens is 1. The van der Waals surface area contributed by atoms with Gasteiger partial charge < -0.3 is 14.4 Å². The zero-order valence-electron chi connectivity index (χ0n) is 11.2. The number of ketones is 1. The number of Topliss-reactive ketones (excluding diaryl/α,β-unsaturated/α-hetero) is 1. The maximum absolute atomic E-state index is 9.83. The maximum Gasteiger partial charge on any atom is 0.135 e. The first-order chi connectivity index (χ1) is 7.37. The summed E-state index contributed by atoms with van der Waals surface area (Å²) >= 11 is 0. The molecule has 0 fully saturated rings. The average molecular weight is 231 g/mol. The Kier molecular flexibility index (Phi) is 10.2. The molecule has 0 aromatic rings. The van der Waals surface area contributed by atoms with Gasteiger partial charge in [-0.25, -0.2) is 0 Å². The summed E-state index contributed by atoms with van der Waals surface area (Å²) in [6.45, 7) is 15.4. The Hall–Kier alpha value is -0.900. The summed E-state index contributed by atoms with van der Waals surface area (Å²) in [6.07, 6.45) is -0.472. The molecule has 0 aromatic heterocycles. The topological polar surface area (TPSA) is 57.2 Å². The monoisotopic (exact) mass is 231 g/mol. The van der Waals surface area contributed by atoms with Crippen molar-refractivity contribution < 1.29 is 19.2 Å². The van der Waals surface area contributed by atoms with Crippen molar-refractivity contribution in [2.24, 2.45) is 0 Å². The summed E-state index contributed by atoms with van der Waals surface area (Å²) in [7, 11) is 0. The van der Waals surface area contributed by atoms with Gasteiger partial charge in [-0.2, -0.15) is 0 Å². The number of carbonyl (C=O) groups excluding carboxylic acids is 2. The van der Waals surface area contributed by atoms with Crippen LogP contribution in [-0.4, -0.2) is 42.4 Å². The van der Waals surface area contributed by atoms with Crippen molar-refractivity contribution in [1.29, 1.82) is 0 Å². The van der Waals surface area contributed by atoms with Gasteiger partial charge in [-0.3, -0.25) is 4.79 Å². The van der Waals surface area contributed by atoms with E-state index in [0.29, 0.717) is 0 Å². The molecule has 0 spiro atoms. The Bertz CT molecular complexity index is 181. The van der Waals surface area contributed by atoms with Crippen LogP contribution in [0.3, 0.4) is 0 Å². The molecular weight excluding hydrogens is 206 g/mol. The van der Waals surface area contributed by atoms with Gasteiger partial charge in [-0.05, 0) is 34.6 Å². The smallest absolute Gasteiger partial charge is 0.135 e. The Balaban J connectivity index is 0. The molecule has 4 heteroatoms. The molecule has 96 valence electrons. The second-order valence-corrected chi connectivity index (χ2v) is 3.86. The molecule has 0 aliphatic heterocycles. The lowest BCUT2D eigenvalue weighted by Crippen LogP contribution is -2.47. The lowest BCUT2D eigenvalue weighted by atomic mass is 10.3. The first kappa shape index (κ1) is 17.5. The van der Waals surface area contributed by atoms with Gasteiger partial charge in [0, 0.05) is 12.4 Å². The molecule has 0 aliphatic rings. The average Bonchev–Trinajstić information content (AvgIpc) is 2.21. The van der Waals surface area contributed by atoms with Crippen molar-refractivity contribution in [1.82, 2.24) is 0 Å². The highest BCUT2D eigenvalue weighted by atomic mass is 16.4. The van der Waals surface area contributed by atoms with E-state index in [1.807, 2.05) is 0 Å². The van der Waals surface area contributed by atoms with Crippen LogP contribution in [0.15, 0.2) is 0 Å². The fourth-order valence-electron chi connectivity index (χ4n) is 1.54. The minimum atomic E-state index is -1.31. The molecule has 4 nitrogen and oxygen atoms in total. The van der Waals surface area contributed by atoms with Crippen molar-refractivity contribution in [3.05, 3.63) is 0 Å². The highest BCUT2D eigenvalue weighted by molar-refractivity contribution is 5.92. The van der Waals surface area contributed by atoms with Gasteiger partial charge >= 0.3 is 0 Å². The summed E-state index contributed by atoms with van der Waals surface area (Å²) in [5, 5.41) is 9.48. The first-order valence-electron chi connectivity index (χ1n) is 5.91. The van der Waals surface area contributed by atoms with Crippen molar-refractivity contribution in [2.75, 3.05) is 26.2 Å². The van der Waals surface area contributed by atoms with Gasteiger partial charge in [0.15, 0.2) is 0 Å². The highest BCUT2D eigenvalue weighted by Gasteiger charge is 2.16. The van der Waals surface area contributed by atoms with Crippen molar-refractivity contribution in [2.45, 2.75) is 41.0 Å². The van der Waals surface area contributed by atoms with Gasteiger partial charge in [0.2, 0.25) is 0 Å². The van der Waals surface area contributed by atoms with Crippen LogP contribution >= 0.6 is 0 Å². The number of rotatable bonds is 6. The second kappa shape index (κ2) is 9.33. The van der Waals surface area contributed by atoms with Crippen LogP contribution < -0.4 is 5.11 Å². The zero-order chi connectivity index (χ0) is 13.2. The van der Waals surface area contributed by atoms with Gasteiger partial charge in [0.25, 0.3) is 0 Å². The standard InChI is InChI=1S/C8H20N.C4H6O3/c1-5-9(6-2,7-3)8-4;1-3(5)2-4(6)7/h5-8H2,1-4H3;2H2,1H3,(H,6,7)/q+1;/p-1. The quantitative estimate of drug-likeness (QED) is 0.497. The van der Waals surface area contributed by atoms with Crippen LogP contribution in [0.2, 0.25) is 0 Å². The molecular formula is C12H25NO3. The molecule has 0 saturated heterocycles. The Morgan fingerprint density at radius 1 is 0.938 bits per heavy atom.